The molecular formula is C17H14BrN3. The molecule has 1 N–H and O–H groups in total. The molecule has 0 saturated heterocycles. The average molecular weight is 340 g/mol. The fourth-order valence-corrected chi connectivity index (χ4v) is 3.51. The van der Waals surface area contributed by atoms with Crippen LogP contribution in [0.25, 0.3) is 5.57 Å². The standard InChI is InChI=1S/C17H14BrN3/c1-10-15-16(11-5-3-2-4-6-11)13-9-12(18)7-8-14(13)19-17(15)21-20-10/h2-9,14-15H,1H3,(H,19,21). The molecule has 0 saturated carbocycles. The van der Waals surface area contributed by atoms with Crippen LogP contribution in [0.5, 0.6) is 0 Å². The number of rotatable bonds is 1. The van der Waals surface area contributed by atoms with Crippen molar-refractivity contribution in [1.29, 1.82) is 0 Å². The predicted molar refractivity (Wildman–Crippen MR) is 90.5 cm³/mol. The Hall–Kier alpha value is -1.94. The number of halogens is 1. The van der Waals surface area contributed by atoms with E-state index < -0.39 is 0 Å². The maximum absolute atomic E-state index is 4.81. The summed E-state index contributed by atoms with van der Waals surface area (Å²) in [7, 11) is 0. The Labute approximate surface area is 132 Å². The number of hydrogen-bond donors (Lipinski definition) is 1. The van der Waals surface area contributed by atoms with Gasteiger partial charge in [0, 0.05) is 4.48 Å². The topological polar surface area (TPSA) is 36.8 Å². The van der Waals surface area contributed by atoms with Gasteiger partial charge in [-0.2, -0.15) is 5.10 Å². The third kappa shape index (κ3) is 2.02. The molecular weight excluding hydrogens is 326 g/mol. The Balaban J connectivity index is 1.96. The third-order valence-corrected chi connectivity index (χ3v) is 4.54. The molecule has 0 radical (unpaired) electrons. The second-order valence-corrected chi connectivity index (χ2v) is 6.30. The van der Waals surface area contributed by atoms with Crippen LogP contribution in [0.2, 0.25) is 0 Å². The SMILES string of the molecule is CC1=NNC2=NC3C=CC(Br)=CC3=C(c3ccccc3)C12. The van der Waals surface area contributed by atoms with E-state index in [1.165, 1.54) is 16.7 Å². The highest BCUT2D eigenvalue weighted by molar-refractivity contribution is 9.11. The van der Waals surface area contributed by atoms with Crippen molar-refractivity contribution in [1.82, 2.24) is 5.43 Å². The number of aliphatic imine (C=N–C) groups is 1. The zero-order chi connectivity index (χ0) is 14.4. The number of amidine groups is 1. The first kappa shape index (κ1) is 12.8. The molecule has 1 aromatic carbocycles. The molecule has 2 atom stereocenters. The van der Waals surface area contributed by atoms with E-state index in [0.29, 0.717) is 0 Å². The van der Waals surface area contributed by atoms with Crippen molar-refractivity contribution in [3.63, 3.8) is 0 Å². The quantitative estimate of drug-likeness (QED) is 0.832. The highest BCUT2D eigenvalue weighted by Gasteiger charge is 2.37. The van der Waals surface area contributed by atoms with Gasteiger partial charge in [0.2, 0.25) is 0 Å². The highest BCUT2D eigenvalue weighted by atomic mass is 79.9. The number of nitrogens with one attached hydrogen (secondary N) is 1. The van der Waals surface area contributed by atoms with Gasteiger partial charge in [0.05, 0.1) is 17.7 Å². The van der Waals surface area contributed by atoms with Crippen LogP contribution in [0.15, 0.2) is 68.7 Å². The van der Waals surface area contributed by atoms with Crippen LogP contribution in [0.3, 0.4) is 0 Å². The van der Waals surface area contributed by atoms with Crippen LogP contribution >= 0.6 is 15.9 Å². The van der Waals surface area contributed by atoms with Crippen molar-refractivity contribution < 1.29 is 0 Å². The number of nitrogens with zero attached hydrogens (tertiary/aromatic N) is 2. The average Bonchev–Trinajstić information content (AvgIpc) is 2.87. The van der Waals surface area contributed by atoms with E-state index in [1.807, 2.05) is 6.07 Å². The number of fused-ring (bicyclic) bond motifs is 2. The fraction of sp³-hybridized carbons (Fsp3) is 0.176. The first-order valence-electron chi connectivity index (χ1n) is 6.97. The predicted octanol–water partition coefficient (Wildman–Crippen LogP) is 3.66. The van der Waals surface area contributed by atoms with Crippen LogP contribution in [0, 0.1) is 5.92 Å². The third-order valence-electron chi connectivity index (χ3n) is 4.05. The van der Waals surface area contributed by atoms with Crippen molar-refractivity contribution in [3.8, 4) is 0 Å². The lowest BCUT2D eigenvalue weighted by atomic mass is 9.80. The number of hydrazone groups is 1. The van der Waals surface area contributed by atoms with Gasteiger partial charge in [0.15, 0.2) is 0 Å². The van der Waals surface area contributed by atoms with Crippen molar-refractivity contribution in [2.45, 2.75) is 13.0 Å². The summed E-state index contributed by atoms with van der Waals surface area (Å²) in [5.41, 5.74) is 7.95. The first-order valence-corrected chi connectivity index (χ1v) is 7.76. The molecule has 3 aliphatic rings. The summed E-state index contributed by atoms with van der Waals surface area (Å²) in [6.07, 6.45) is 6.36. The Kier molecular flexibility index (Phi) is 2.93. The Bertz CT molecular complexity index is 753. The molecule has 0 spiro atoms. The molecule has 1 aromatic rings. The van der Waals surface area contributed by atoms with Crippen molar-refractivity contribution in [3.05, 3.63) is 64.2 Å². The normalized spacial score (nSPS) is 26.5. The molecule has 2 heterocycles. The second kappa shape index (κ2) is 4.81. The highest BCUT2D eigenvalue weighted by Crippen LogP contribution is 2.39. The summed E-state index contributed by atoms with van der Waals surface area (Å²) in [6, 6.07) is 10.6. The lowest BCUT2D eigenvalue weighted by Gasteiger charge is -2.29. The first-order chi connectivity index (χ1) is 10.2. The minimum Gasteiger partial charge on any atom is -0.264 e. The van der Waals surface area contributed by atoms with Crippen LogP contribution in [-0.2, 0) is 0 Å². The van der Waals surface area contributed by atoms with Crippen LogP contribution in [0.4, 0.5) is 0 Å². The molecule has 3 nitrogen and oxygen atoms in total. The largest absolute Gasteiger partial charge is 0.264 e. The summed E-state index contributed by atoms with van der Waals surface area (Å²) >= 11 is 3.58. The van der Waals surface area contributed by atoms with Crippen LogP contribution in [0.1, 0.15) is 12.5 Å². The molecule has 0 bridgehead atoms. The molecule has 104 valence electrons. The molecule has 0 fully saturated rings. The Morgan fingerprint density at radius 2 is 2.00 bits per heavy atom. The van der Waals surface area contributed by atoms with E-state index in [-0.39, 0.29) is 12.0 Å². The molecule has 0 aromatic heterocycles. The van der Waals surface area contributed by atoms with Gasteiger partial charge in [-0.25, -0.2) is 0 Å². The Morgan fingerprint density at radius 1 is 1.19 bits per heavy atom. The molecule has 4 heteroatoms. The molecule has 21 heavy (non-hydrogen) atoms. The van der Waals surface area contributed by atoms with Gasteiger partial charge in [0.1, 0.15) is 5.84 Å². The lowest BCUT2D eigenvalue weighted by Crippen LogP contribution is -2.32. The van der Waals surface area contributed by atoms with Gasteiger partial charge in [-0.1, -0.05) is 52.3 Å². The monoisotopic (exact) mass is 339 g/mol. The number of dihydropyridines is 1. The molecule has 1 aliphatic carbocycles. The van der Waals surface area contributed by atoms with E-state index >= 15 is 0 Å². The smallest absolute Gasteiger partial charge is 0.131 e. The van der Waals surface area contributed by atoms with Crippen LogP contribution < -0.4 is 5.43 Å². The zero-order valence-electron chi connectivity index (χ0n) is 11.5. The van der Waals surface area contributed by atoms with E-state index in [0.717, 1.165) is 16.0 Å². The summed E-state index contributed by atoms with van der Waals surface area (Å²) in [4.78, 5) is 4.81. The van der Waals surface area contributed by atoms with Crippen molar-refractivity contribution in [2.24, 2.45) is 16.0 Å². The number of hydrogen-bond acceptors (Lipinski definition) is 3. The van der Waals surface area contributed by atoms with E-state index in [2.05, 4.69) is 75.9 Å². The minimum absolute atomic E-state index is 0.0707. The van der Waals surface area contributed by atoms with Gasteiger partial charge in [-0.3, -0.25) is 10.4 Å². The second-order valence-electron chi connectivity index (χ2n) is 5.38. The van der Waals surface area contributed by atoms with Crippen molar-refractivity contribution in [2.75, 3.05) is 0 Å². The van der Waals surface area contributed by atoms with Gasteiger partial charge >= 0.3 is 0 Å². The van der Waals surface area contributed by atoms with Gasteiger partial charge < -0.3 is 0 Å². The lowest BCUT2D eigenvalue weighted by molar-refractivity contribution is 0.893. The van der Waals surface area contributed by atoms with Gasteiger partial charge in [-0.15, -0.1) is 0 Å². The van der Waals surface area contributed by atoms with E-state index in [1.54, 1.807) is 0 Å². The maximum Gasteiger partial charge on any atom is 0.131 e. The maximum atomic E-state index is 4.81. The summed E-state index contributed by atoms with van der Waals surface area (Å²) in [5, 5.41) is 4.38. The molecule has 0 amide bonds. The Morgan fingerprint density at radius 3 is 2.81 bits per heavy atom. The number of allylic oxidation sites excluding steroid dienone is 2. The van der Waals surface area contributed by atoms with Crippen molar-refractivity contribution >= 4 is 33.1 Å². The van der Waals surface area contributed by atoms with Gasteiger partial charge in [0.25, 0.3) is 0 Å². The summed E-state index contributed by atoms with van der Waals surface area (Å²) in [5.74, 6) is 1.10. The molecule has 4 rings (SSSR count). The fourth-order valence-electron chi connectivity index (χ4n) is 3.11. The zero-order valence-corrected chi connectivity index (χ0v) is 13.1. The molecule has 2 aliphatic heterocycles. The summed E-state index contributed by atoms with van der Waals surface area (Å²) in [6.45, 7) is 2.06. The van der Waals surface area contributed by atoms with E-state index in [4.69, 9.17) is 4.99 Å². The number of benzene rings is 1. The summed E-state index contributed by atoms with van der Waals surface area (Å²) < 4.78 is 1.08. The van der Waals surface area contributed by atoms with Crippen LogP contribution in [-0.4, -0.2) is 17.6 Å². The van der Waals surface area contributed by atoms with E-state index in [9.17, 15) is 0 Å². The molecule has 2 unspecified atom stereocenters. The minimum atomic E-state index is 0.0707. The van der Waals surface area contributed by atoms with Gasteiger partial charge in [-0.05, 0) is 35.8 Å².